The summed E-state index contributed by atoms with van der Waals surface area (Å²) in [5.74, 6) is 0.995. The van der Waals surface area contributed by atoms with Crippen LogP contribution < -0.4 is 5.32 Å². The van der Waals surface area contributed by atoms with Gasteiger partial charge < -0.3 is 20.4 Å². The van der Waals surface area contributed by atoms with E-state index in [2.05, 4.69) is 15.5 Å². The number of fused-ring (bicyclic) bond motifs is 1. The topological polar surface area (TPSA) is 98.6 Å². The smallest absolute Gasteiger partial charge is 0.407 e. The number of aromatic nitrogens is 2. The van der Waals surface area contributed by atoms with Gasteiger partial charge in [-0.3, -0.25) is 0 Å². The molecule has 7 nitrogen and oxygen atoms in total. The van der Waals surface area contributed by atoms with E-state index >= 15 is 0 Å². The van der Waals surface area contributed by atoms with Gasteiger partial charge in [-0.05, 0) is 68.7 Å². The van der Waals surface area contributed by atoms with Crippen LogP contribution in [0.2, 0.25) is 0 Å². The number of benzene rings is 1. The Morgan fingerprint density at radius 3 is 2.71 bits per heavy atom. The molecule has 1 aromatic carbocycles. The van der Waals surface area contributed by atoms with Crippen molar-refractivity contribution in [3.63, 3.8) is 0 Å². The van der Waals surface area contributed by atoms with E-state index in [0.717, 1.165) is 72.3 Å². The number of nitrogens with zero attached hydrogens (tertiary/aromatic N) is 3. The normalized spacial score (nSPS) is 19.2. The highest BCUT2D eigenvalue weighted by Crippen LogP contribution is 2.37. The van der Waals surface area contributed by atoms with E-state index in [4.69, 9.17) is 0 Å². The fourth-order valence-electron chi connectivity index (χ4n) is 4.29. The molecule has 28 heavy (non-hydrogen) atoms. The van der Waals surface area contributed by atoms with Crippen LogP contribution in [0.25, 0.3) is 11.3 Å². The second-order valence-corrected chi connectivity index (χ2v) is 7.79. The summed E-state index contributed by atoms with van der Waals surface area (Å²) in [5.41, 5.74) is 4.78. The molecular formula is C21H26N4O3. The zero-order valence-corrected chi connectivity index (χ0v) is 16.1. The zero-order chi connectivity index (χ0) is 19.7. The fraction of sp³-hybridized carbons (Fsp3) is 0.476. The van der Waals surface area contributed by atoms with Gasteiger partial charge in [-0.25, -0.2) is 4.79 Å². The summed E-state index contributed by atoms with van der Waals surface area (Å²) in [5, 5.41) is 32.1. The Hall–Kier alpha value is -2.83. The van der Waals surface area contributed by atoms with Crippen molar-refractivity contribution in [2.45, 2.75) is 51.5 Å². The summed E-state index contributed by atoms with van der Waals surface area (Å²) >= 11 is 0. The molecule has 2 aliphatic rings. The third kappa shape index (κ3) is 3.61. The number of aryl methyl sites for hydroxylation is 1. The molecule has 2 heterocycles. The molecule has 7 heteroatoms. The van der Waals surface area contributed by atoms with Crippen LogP contribution in [0, 0.1) is 6.92 Å². The van der Waals surface area contributed by atoms with E-state index in [1.54, 1.807) is 6.07 Å². The van der Waals surface area contributed by atoms with Crippen LogP contribution in [0.1, 0.15) is 42.4 Å². The maximum Gasteiger partial charge on any atom is 0.407 e. The SMILES string of the molecule is Cc1ccc(-c2nnc(NC3CCCN(C(=O)O)C3)c3c2CCCC3)c(O)c1. The second kappa shape index (κ2) is 7.66. The summed E-state index contributed by atoms with van der Waals surface area (Å²) in [7, 11) is 0. The Morgan fingerprint density at radius 1 is 1.18 bits per heavy atom. The highest BCUT2D eigenvalue weighted by Gasteiger charge is 2.26. The standard InChI is InChI=1S/C21H26N4O3/c1-13-8-9-17(18(26)11-13)19-15-6-2-3-7-16(15)20(24-23-19)22-14-5-4-10-25(12-14)21(27)28/h8-9,11,14,26H,2-7,10,12H2,1H3,(H,22,24)(H,27,28). The number of carbonyl (C=O) groups is 1. The number of likely N-dealkylation sites (tertiary alicyclic amines) is 1. The van der Waals surface area contributed by atoms with Gasteiger partial charge in [0, 0.05) is 30.3 Å². The molecule has 1 amide bonds. The third-order valence-corrected chi connectivity index (χ3v) is 5.73. The molecular weight excluding hydrogens is 356 g/mol. The number of amides is 1. The number of phenolic OH excluding ortho intramolecular Hbond substituents is 1. The number of nitrogens with one attached hydrogen (secondary N) is 1. The minimum Gasteiger partial charge on any atom is -0.507 e. The molecule has 1 aliphatic carbocycles. The second-order valence-electron chi connectivity index (χ2n) is 7.79. The number of piperidine rings is 1. The van der Waals surface area contributed by atoms with Gasteiger partial charge in [0.1, 0.15) is 11.4 Å². The molecule has 1 aliphatic heterocycles. The largest absolute Gasteiger partial charge is 0.507 e. The molecule has 0 saturated carbocycles. The van der Waals surface area contributed by atoms with Crippen LogP contribution in [0.5, 0.6) is 5.75 Å². The number of aromatic hydroxyl groups is 1. The summed E-state index contributed by atoms with van der Waals surface area (Å²) in [6.07, 6.45) is 4.91. The number of carboxylic acid groups (broad SMARTS) is 1. The molecule has 1 unspecified atom stereocenters. The van der Waals surface area contributed by atoms with Gasteiger partial charge in [-0.15, -0.1) is 10.2 Å². The maximum absolute atomic E-state index is 11.3. The van der Waals surface area contributed by atoms with Gasteiger partial charge in [0.15, 0.2) is 5.82 Å². The van der Waals surface area contributed by atoms with Gasteiger partial charge >= 0.3 is 6.09 Å². The Bertz CT molecular complexity index is 899. The first-order valence-electron chi connectivity index (χ1n) is 9.95. The lowest BCUT2D eigenvalue weighted by Crippen LogP contribution is -2.44. The number of hydrogen-bond acceptors (Lipinski definition) is 5. The highest BCUT2D eigenvalue weighted by atomic mass is 16.4. The van der Waals surface area contributed by atoms with E-state index in [1.165, 1.54) is 4.90 Å². The van der Waals surface area contributed by atoms with Crippen molar-refractivity contribution in [3.05, 3.63) is 34.9 Å². The number of phenols is 1. The summed E-state index contributed by atoms with van der Waals surface area (Å²) < 4.78 is 0. The van der Waals surface area contributed by atoms with Crippen molar-refractivity contribution in [2.24, 2.45) is 0 Å². The van der Waals surface area contributed by atoms with Crippen LogP contribution in [-0.4, -0.2) is 50.5 Å². The predicted octanol–water partition coefficient (Wildman–Crippen LogP) is 3.59. The van der Waals surface area contributed by atoms with Crippen molar-refractivity contribution in [1.29, 1.82) is 0 Å². The Morgan fingerprint density at radius 2 is 1.96 bits per heavy atom. The summed E-state index contributed by atoms with van der Waals surface area (Å²) in [6, 6.07) is 5.67. The van der Waals surface area contributed by atoms with Crippen LogP contribution in [-0.2, 0) is 12.8 Å². The monoisotopic (exact) mass is 382 g/mol. The van der Waals surface area contributed by atoms with Gasteiger partial charge in [0.2, 0.25) is 0 Å². The quantitative estimate of drug-likeness (QED) is 0.750. The van der Waals surface area contributed by atoms with E-state index in [-0.39, 0.29) is 11.8 Å². The van der Waals surface area contributed by atoms with Crippen LogP contribution in [0.15, 0.2) is 18.2 Å². The lowest BCUT2D eigenvalue weighted by molar-refractivity contribution is 0.132. The Labute approximate surface area is 164 Å². The minimum absolute atomic E-state index is 0.0452. The summed E-state index contributed by atoms with van der Waals surface area (Å²) in [4.78, 5) is 12.7. The maximum atomic E-state index is 11.3. The van der Waals surface area contributed by atoms with Crippen molar-refractivity contribution >= 4 is 11.9 Å². The molecule has 148 valence electrons. The fourth-order valence-corrected chi connectivity index (χ4v) is 4.29. The Kier molecular flexibility index (Phi) is 5.07. The molecule has 3 N–H and O–H groups in total. The lowest BCUT2D eigenvalue weighted by atomic mass is 9.88. The van der Waals surface area contributed by atoms with E-state index in [9.17, 15) is 15.0 Å². The molecule has 1 aromatic heterocycles. The van der Waals surface area contributed by atoms with E-state index in [1.807, 2.05) is 19.1 Å². The van der Waals surface area contributed by atoms with Gasteiger partial charge in [-0.2, -0.15) is 0 Å². The first kappa shape index (κ1) is 18.5. The zero-order valence-electron chi connectivity index (χ0n) is 16.1. The number of hydrogen-bond donors (Lipinski definition) is 3. The van der Waals surface area contributed by atoms with E-state index < -0.39 is 6.09 Å². The Balaban J connectivity index is 1.66. The van der Waals surface area contributed by atoms with Crippen LogP contribution >= 0.6 is 0 Å². The predicted molar refractivity (Wildman–Crippen MR) is 107 cm³/mol. The van der Waals surface area contributed by atoms with Crippen molar-refractivity contribution in [3.8, 4) is 17.0 Å². The minimum atomic E-state index is -0.871. The average molecular weight is 382 g/mol. The highest BCUT2D eigenvalue weighted by molar-refractivity contribution is 5.73. The molecule has 0 spiro atoms. The molecule has 0 radical (unpaired) electrons. The van der Waals surface area contributed by atoms with E-state index in [0.29, 0.717) is 13.1 Å². The first-order chi connectivity index (χ1) is 13.5. The number of anilines is 1. The lowest BCUT2D eigenvalue weighted by Gasteiger charge is -2.32. The molecule has 2 aromatic rings. The van der Waals surface area contributed by atoms with Crippen molar-refractivity contribution in [2.75, 3.05) is 18.4 Å². The molecule has 4 rings (SSSR count). The third-order valence-electron chi connectivity index (χ3n) is 5.73. The average Bonchev–Trinajstić information content (AvgIpc) is 2.69. The van der Waals surface area contributed by atoms with Crippen molar-refractivity contribution < 1.29 is 15.0 Å². The first-order valence-corrected chi connectivity index (χ1v) is 9.95. The number of rotatable bonds is 3. The van der Waals surface area contributed by atoms with Crippen LogP contribution in [0.4, 0.5) is 10.6 Å². The molecule has 1 fully saturated rings. The van der Waals surface area contributed by atoms with Gasteiger partial charge in [0.05, 0.1) is 0 Å². The van der Waals surface area contributed by atoms with Gasteiger partial charge in [0.25, 0.3) is 0 Å². The molecule has 1 saturated heterocycles. The van der Waals surface area contributed by atoms with Gasteiger partial charge in [-0.1, -0.05) is 6.07 Å². The summed E-state index contributed by atoms with van der Waals surface area (Å²) in [6.45, 7) is 3.00. The van der Waals surface area contributed by atoms with Crippen molar-refractivity contribution in [1.82, 2.24) is 15.1 Å². The molecule has 0 bridgehead atoms. The van der Waals surface area contributed by atoms with Crippen LogP contribution in [0.3, 0.4) is 0 Å². The molecule has 1 atom stereocenters.